The third kappa shape index (κ3) is 4.68. The van der Waals surface area contributed by atoms with Crippen molar-refractivity contribution in [3.63, 3.8) is 0 Å². The fourth-order valence-corrected chi connectivity index (χ4v) is 2.11. The van der Waals surface area contributed by atoms with E-state index >= 15 is 0 Å². The number of carbonyl (C=O) groups excluding carboxylic acids is 1. The Labute approximate surface area is 124 Å². The molecule has 1 aromatic heterocycles. The summed E-state index contributed by atoms with van der Waals surface area (Å²) in [5, 5.41) is 7.03. The topological polar surface area (TPSA) is 85.8 Å². The van der Waals surface area contributed by atoms with Crippen LogP contribution in [0.4, 0.5) is 5.69 Å². The lowest BCUT2D eigenvalue weighted by atomic mass is 10.1. The molecule has 0 fully saturated rings. The maximum absolute atomic E-state index is 12.0. The summed E-state index contributed by atoms with van der Waals surface area (Å²) >= 11 is 0. The molecule has 1 aromatic carbocycles. The summed E-state index contributed by atoms with van der Waals surface area (Å²) in [6, 6.07) is 7.55. The van der Waals surface area contributed by atoms with E-state index in [-0.39, 0.29) is 5.91 Å². The van der Waals surface area contributed by atoms with Crippen molar-refractivity contribution < 1.29 is 4.79 Å². The maximum atomic E-state index is 12.0. The SMILES string of the molecule is NCCCCCCC(=O)Nc1ccccc1-n1cncn1. The summed E-state index contributed by atoms with van der Waals surface area (Å²) in [5.74, 6) is 0.0234. The average molecular weight is 287 g/mol. The van der Waals surface area contributed by atoms with Crippen LogP contribution in [0.2, 0.25) is 0 Å². The highest BCUT2D eigenvalue weighted by Gasteiger charge is 2.08. The Morgan fingerprint density at radius 2 is 2.00 bits per heavy atom. The fraction of sp³-hybridized carbons (Fsp3) is 0.400. The summed E-state index contributed by atoms with van der Waals surface area (Å²) in [4.78, 5) is 15.9. The molecular weight excluding hydrogens is 266 g/mol. The number of carbonyl (C=O) groups is 1. The molecule has 2 aromatic rings. The van der Waals surface area contributed by atoms with E-state index in [2.05, 4.69) is 15.4 Å². The molecule has 2 rings (SSSR count). The van der Waals surface area contributed by atoms with Gasteiger partial charge in [-0.25, -0.2) is 9.67 Å². The molecule has 0 aliphatic heterocycles. The number of nitrogens with one attached hydrogen (secondary N) is 1. The zero-order valence-corrected chi connectivity index (χ0v) is 12.0. The first-order valence-corrected chi connectivity index (χ1v) is 7.25. The number of benzene rings is 1. The van der Waals surface area contributed by atoms with Gasteiger partial charge in [0.15, 0.2) is 0 Å². The second-order valence-electron chi connectivity index (χ2n) is 4.86. The van der Waals surface area contributed by atoms with Crippen molar-refractivity contribution in [2.24, 2.45) is 5.73 Å². The molecular formula is C15H21N5O. The standard InChI is InChI=1S/C15H21N5O/c16-10-6-2-1-3-9-15(21)19-13-7-4-5-8-14(13)20-12-17-11-18-20/h4-5,7-8,11-12H,1-3,6,9-10,16H2,(H,19,21). The molecule has 3 N–H and O–H groups in total. The molecule has 0 aliphatic rings. The zero-order chi connectivity index (χ0) is 14.9. The van der Waals surface area contributed by atoms with E-state index in [1.165, 1.54) is 6.33 Å². The number of amides is 1. The van der Waals surface area contributed by atoms with Crippen LogP contribution >= 0.6 is 0 Å². The van der Waals surface area contributed by atoms with E-state index in [4.69, 9.17) is 5.73 Å². The first-order valence-electron chi connectivity index (χ1n) is 7.25. The van der Waals surface area contributed by atoms with E-state index in [0.717, 1.165) is 43.6 Å². The molecule has 1 heterocycles. The molecule has 1 amide bonds. The third-order valence-corrected chi connectivity index (χ3v) is 3.20. The molecule has 0 saturated heterocycles. The van der Waals surface area contributed by atoms with E-state index < -0.39 is 0 Å². The van der Waals surface area contributed by atoms with Gasteiger partial charge in [0.05, 0.1) is 11.4 Å². The second kappa shape index (κ2) is 8.16. The van der Waals surface area contributed by atoms with Gasteiger partial charge in [0, 0.05) is 6.42 Å². The van der Waals surface area contributed by atoms with Gasteiger partial charge < -0.3 is 11.1 Å². The van der Waals surface area contributed by atoms with Gasteiger partial charge in [-0.2, -0.15) is 5.10 Å². The molecule has 0 atom stereocenters. The predicted molar refractivity (Wildman–Crippen MR) is 82.1 cm³/mol. The van der Waals surface area contributed by atoms with E-state index in [0.29, 0.717) is 6.42 Å². The van der Waals surface area contributed by atoms with Crippen molar-refractivity contribution in [1.29, 1.82) is 0 Å². The predicted octanol–water partition coefficient (Wildman–Crippen LogP) is 2.12. The summed E-state index contributed by atoms with van der Waals surface area (Å²) in [6.45, 7) is 0.720. The van der Waals surface area contributed by atoms with Crippen LogP contribution in [-0.2, 0) is 4.79 Å². The Hall–Kier alpha value is -2.21. The van der Waals surface area contributed by atoms with Crippen LogP contribution < -0.4 is 11.1 Å². The molecule has 0 saturated carbocycles. The van der Waals surface area contributed by atoms with Crippen molar-refractivity contribution in [3.05, 3.63) is 36.9 Å². The number of anilines is 1. The van der Waals surface area contributed by atoms with E-state index in [1.807, 2.05) is 24.3 Å². The van der Waals surface area contributed by atoms with Crippen LogP contribution in [0.5, 0.6) is 0 Å². The van der Waals surface area contributed by atoms with Crippen LogP contribution in [-0.4, -0.2) is 27.2 Å². The molecule has 6 heteroatoms. The highest BCUT2D eigenvalue weighted by molar-refractivity contribution is 5.92. The van der Waals surface area contributed by atoms with Gasteiger partial charge in [0.1, 0.15) is 12.7 Å². The Bertz CT molecular complexity index is 553. The number of hydrogen-bond donors (Lipinski definition) is 2. The minimum absolute atomic E-state index is 0.0234. The van der Waals surface area contributed by atoms with E-state index in [1.54, 1.807) is 11.0 Å². The van der Waals surface area contributed by atoms with Crippen LogP contribution in [0.3, 0.4) is 0 Å². The number of nitrogens with two attached hydrogens (primary N) is 1. The molecule has 21 heavy (non-hydrogen) atoms. The first kappa shape index (κ1) is 15.2. The van der Waals surface area contributed by atoms with Crippen molar-refractivity contribution in [1.82, 2.24) is 14.8 Å². The van der Waals surface area contributed by atoms with Crippen molar-refractivity contribution >= 4 is 11.6 Å². The lowest BCUT2D eigenvalue weighted by Gasteiger charge is -2.10. The summed E-state index contributed by atoms with van der Waals surface area (Å²) in [7, 11) is 0. The Morgan fingerprint density at radius 1 is 1.19 bits per heavy atom. The highest BCUT2D eigenvalue weighted by Crippen LogP contribution is 2.19. The number of hydrogen-bond acceptors (Lipinski definition) is 4. The van der Waals surface area contributed by atoms with Gasteiger partial charge >= 0.3 is 0 Å². The van der Waals surface area contributed by atoms with Crippen molar-refractivity contribution in [2.75, 3.05) is 11.9 Å². The van der Waals surface area contributed by atoms with Crippen LogP contribution in [0.15, 0.2) is 36.9 Å². The number of nitrogens with zero attached hydrogens (tertiary/aromatic N) is 3. The first-order chi connectivity index (χ1) is 10.3. The second-order valence-corrected chi connectivity index (χ2v) is 4.86. The number of unbranched alkanes of at least 4 members (excludes halogenated alkanes) is 3. The molecule has 0 radical (unpaired) electrons. The fourth-order valence-electron chi connectivity index (χ4n) is 2.11. The normalized spacial score (nSPS) is 10.5. The monoisotopic (exact) mass is 287 g/mol. The van der Waals surface area contributed by atoms with Crippen molar-refractivity contribution in [2.45, 2.75) is 32.1 Å². The Kier molecular flexibility index (Phi) is 5.90. The number of aromatic nitrogens is 3. The highest BCUT2D eigenvalue weighted by atomic mass is 16.1. The van der Waals surface area contributed by atoms with Gasteiger partial charge in [-0.05, 0) is 31.5 Å². The van der Waals surface area contributed by atoms with Crippen molar-refractivity contribution in [3.8, 4) is 5.69 Å². The van der Waals surface area contributed by atoms with Gasteiger partial charge in [0.25, 0.3) is 0 Å². The Morgan fingerprint density at radius 3 is 2.76 bits per heavy atom. The summed E-state index contributed by atoms with van der Waals surface area (Å²) in [5.41, 5.74) is 7.00. The molecule has 0 spiro atoms. The summed E-state index contributed by atoms with van der Waals surface area (Å²) < 4.78 is 1.64. The maximum Gasteiger partial charge on any atom is 0.224 e. The van der Waals surface area contributed by atoms with Gasteiger partial charge in [-0.1, -0.05) is 25.0 Å². The molecule has 0 aliphatic carbocycles. The molecule has 0 unspecified atom stereocenters. The third-order valence-electron chi connectivity index (χ3n) is 3.20. The lowest BCUT2D eigenvalue weighted by Crippen LogP contribution is -2.13. The zero-order valence-electron chi connectivity index (χ0n) is 12.0. The number of rotatable bonds is 8. The van der Waals surface area contributed by atoms with Gasteiger partial charge in [-0.3, -0.25) is 4.79 Å². The summed E-state index contributed by atoms with van der Waals surface area (Å²) in [6.07, 6.45) is 7.63. The Balaban J connectivity index is 1.89. The molecule has 6 nitrogen and oxygen atoms in total. The quantitative estimate of drug-likeness (QED) is 0.728. The average Bonchev–Trinajstić information content (AvgIpc) is 3.02. The molecule has 112 valence electrons. The van der Waals surface area contributed by atoms with E-state index in [9.17, 15) is 4.79 Å². The largest absolute Gasteiger partial charge is 0.330 e. The van der Waals surface area contributed by atoms with Crippen LogP contribution in [0, 0.1) is 0 Å². The molecule has 0 bridgehead atoms. The number of para-hydroxylation sites is 2. The smallest absolute Gasteiger partial charge is 0.224 e. The van der Waals surface area contributed by atoms with Gasteiger partial charge in [0.2, 0.25) is 5.91 Å². The van der Waals surface area contributed by atoms with Crippen LogP contribution in [0.1, 0.15) is 32.1 Å². The minimum Gasteiger partial charge on any atom is -0.330 e. The minimum atomic E-state index is 0.0234. The lowest BCUT2D eigenvalue weighted by molar-refractivity contribution is -0.116. The van der Waals surface area contributed by atoms with Gasteiger partial charge in [-0.15, -0.1) is 0 Å². The van der Waals surface area contributed by atoms with Crippen LogP contribution in [0.25, 0.3) is 5.69 Å².